The predicted octanol–water partition coefficient (Wildman–Crippen LogP) is 1.35. The van der Waals surface area contributed by atoms with E-state index >= 15 is 0 Å². The van der Waals surface area contributed by atoms with Crippen LogP contribution in [0.1, 0.15) is 27.4 Å². The Morgan fingerprint density at radius 3 is 2.86 bits per heavy atom. The smallest absolute Gasteiger partial charge is 0.339 e. The minimum absolute atomic E-state index is 0.102. The second-order valence-corrected chi connectivity index (χ2v) is 4.49. The van der Waals surface area contributed by atoms with Crippen LogP contribution in [-0.2, 0) is 18.4 Å². The fraction of sp³-hybridized carbons (Fsp3) is 0.214. The Labute approximate surface area is 120 Å². The molecule has 2 aromatic rings. The van der Waals surface area contributed by atoms with Gasteiger partial charge >= 0.3 is 5.97 Å². The number of aromatic nitrogens is 2. The average molecular weight is 289 g/mol. The Kier molecular flexibility index (Phi) is 4.22. The van der Waals surface area contributed by atoms with Crippen LogP contribution in [0.25, 0.3) is 6.08 Å². The van der Waals surface area contributed by atoms with Crippen LogP contribution in [0.2, 0.25) is 0 Å². The zero-order valence-corrected chi connectivity index (χ0v) is 11.7. The molecule has 0 aromatic carbocycles. The second-order valence-electron chi connectivity index (χ2n) is 4.49. The maximum atomic E-state index is 11.6. The van der Waals surface area contributed by atoms with Gasteiger partial charge in [0.1, 0.15) is 17.1 Å². The van der Waals surface area contributed by atoms with E-state index in [9.17, 15) is 9.59 Å². The molecular formula is C14H15N3O4. The summed E-state index contributed by atoms with van der Waals surface area (Å²) in [6.07, 6.45) is 6.43. The van der Waals surface area contributed by atoms with Gasteiger partial charge in [-0.2, -0.15) is 5.10 Å². The van der Waals surface area contributed by atoms with Gasteiger partial charge in [0.2, 0.25) is 5.91 Å². The summed E-state index contributed by atoms with van der Waals surface area (Å²) in [5.41, 5.74) is 0.916. The van der Waals surface area contributed by atoms with Crippen molar-refractivity contribution in [2.24, 2.45) is 7.05 Å². The number of carboxylic acids is 1. The van der Waals surface area contributed by atoms with Crippen LogP contribution in [0.4, 0.5) is 0 Å². The third-order valence-corrected chi connectivity index (χ3v) is 2.79. The first-order valence-electron chi connectivity index (χ1n) is 6.23. The Morgan fingerprint density at radius 2 is 2.29 bits per heavy atom. The molecule has 0 aliphatic rings. The molecule has 2 aromatic heterocycles. The van der Waals surface area contributed by atoms with Gasteiger partial charge in [-0.1, -0.05) is 0 Å². The summed E-state index contributed by atoms with van der Waals surface area (Å²) in [6, 6.07) is 1.41. The van der Waals surface area contributed by atoms with E-state index in [4.69, 9.17) is 9.52 Å². The fourth-order valence-corrected chi connectivity index (χ4v) is 1.77. The van der Waals surface area contributed by atoms with Gasteiger partial charge in [0, 0.05) is 24.9 Å². The number of hydrogen-bond donors (Lipinski definition) is 2. The largest absolute Gasteiger partial charge is 0.478 e. The Hall–Kier alpha value is -2.83. The number of aromatic carboxylic acids is 1. The third kappa shape index (κ3) is 3.82. The van der Waals surface area contributed by atoms with Gasteiger partial charge in [0.05, 0.1) is 12.7 Å². The summed E-state index contributed by atoms with van der Waals surface area (Å²) in [5.74, 6) is -0.638. The lowest BCUT2D eigenvalue weighted by Crippen LogP contribution is -2.19. The number of rotatable bonds is 5. The topological polar surface area (TPSA) is 97.4 Å². The molecule has 0 aliphatic carbocycles. The molecule has 0 aliphatic heterocycles. The van der Waals surface area contributed by atoms with Crippen LogP contribution >= 0.6 is 0 Å². The minimum Gasteiger partial charge on any atom is -0.478 e. The van der Waals surface area contributed by atoms with E-state index in [0.29, 0.717) is 11.5 Å². The number of nitrogens with zero attached hydrogens (tertiary/aromatic N) is 2. The number of nitrogens with one attached hydrogen (secondary N) is 1. The van der Waals surface area contributed by atoms with E-state index in [1.807, 2.05) is 0 Å². The molecule has 0 saturated carbocycles. The lowest BCUT2D eigenvalue weighted by Gasteiger charge is -1.98. The molecule has 0 radical (unpaired) electrons. The van der Waals surface area contributed by atoms with Gasteiger partial charge in [0.25, 0.3) is 0 Å². The van der Waals surface area contributed by atoms with Crippen molar-refractivity contribution in [3.05, 3.63) is 47.2 Å². The van der Waals surface area contributed by atoms with E-state index in [0.717, 1.165) is 5.56 Å². The molecule has 0 saturated heterocycles. The minimum atomic E-state index is -1.05. The van der Waals surface area contributed by atoms with Crippen molar-refractivity contribution >= 4 is 18.0 Å². The summed E-state index contributed by atoms with van der Waals surface area (Å²) < 4.78 is 6.90. The molecule has 1 amide bonds. The van der Waals surface area contributed by atoms with Crippen molar-refractivity contribution in [3.8, 4) is 0 Å². The predicted molar refractivity (Wildman–Crippen MR) is 74.5 cm³/mol. The Bertz CT molecular complexity index is 697. The summed E-state index contributed by atoms with van der Waals surface area (Å²) in [4.78, 5) is 22.5. The molecule has 0 spiro atoms. The standard InChI is InChI=1S/C14H15N3O4/c1-9-12(14(19)20)5-11(21-9)7-15-13(18)4-3-10-6-16-17(2)8-10/h3-6,8H,7H2,1-2H3,(H,15,18)(H,19,20)/b4-3+. The summed E-state index contributed by atoms with van der Waals surface area (Å²) in [6.45, 7) is 1.70. The van der Waals surface area contributed by atoms with E-state index in [2.05, 4.69) is 10.4 Å². The van der Waals surface area contributed by atoms with E-state index in [-0.39, 0.29) is 18.0 Å². The Morgan fingerprint density at radius 1 is 1.52 bits per heavy atom. The molecule has 2 heterocycles. The quantitative estimate of drug-likeness (QED) is 0.810. The van der Waals surface area contributed by atoms with Gasteiger partial charge in [-0.15, -0.1) is 0 Å². The zero-order valence-electron chi connectivity index (χ0n) is 11.7. The van der Waals surface area contributed by atoms with E-state index in [1.54, 1.807) is 37.1 Å². The second kappa shape index (κ2) is 6.08. The third-order valence-electron chi connectivity index (χ3n) is 2.79. The van der Waals surface area contributed by atoms with Crippen LogP contribution in [0.5, 0.6) is 0 Å². The first kappa shape index (κ1) is 14.6. The highest BCUT2D eigenvalue weighted by Gasteiger charge is 2.13. The molecule has 21 heavy (non-hydrogen) atoms. The van der Waals surface area contributed by atoms with Crippen molar-refractivity contribution in [1.29, 1.82) is 0 Å². The number of carboxylic acid groups (broad SMARTS) is 1. The van der Waals surface area contributed by atoms with Gasteiger partial charge in [-0.25, -0.2) is 4.79 Å². The lowest BCUT2D eigenvalue weighted by atomic mass is 10.2. The molecule has 110 valence electrons. The van der Waals surface area contributed by atoms with Gasteiger partial charge in [0.15, 0.2) is 0 Å². The lowest BCUT2D eigenvalue weighted by molar-refractivity contribution is -0.116. The number of carbonyl (C=O) groups excluding carboxylic acids is 1. The monoisotopic (exact) mass is 289 g/mol. The van der Waals surface area contributed by atoms with Crippen molar-refractivity contribution < 1.29 is 19.1 Å². The van der Waals surface area contributed by atoms with Crippen LogP contribution < -0.4 is 5.32 Å². The first-order chi connectivity index (χ1) is 9.95. The maximum Gasteiger partial charge on any atom is 0.339 e. The van der Waals surface area contributed by atoms with Crippen LogP contribution in [-0.4, -0.2) is 26.8 Å². The van der Waals surface area contributed by atoms with Crippen LogP contribution in [0, 0.1) is 6.92 Å². The van der Waals surface area contributed by atoms with Crippen molar-refractivity contribution in [1.82, 2.24) is 15.1 Å². The first-order valence-corrected chi connectivity index (χ1v) is 6.23. The molecule has 2 N–H and O–H groups in total. The van der Waals surface area contributed by atoms with Crippen molar-refractivity contribution in [2.45, 2.75) is 13.5 Å². The van der Waals surface area contributed by atoms with Gasteiger partial charge in [-0.05, 0) is 19.1 Å². The number of hydrogen-bond acceptors (Lipinski definition) is 4. The highest BCUT2D eigenvalue weighted by Crippen LogP contribution is 2.14. The molecule has 7 heteroatoms. The summed E-state index contributed by atoms with van der Waals surface area (Å²) >= 11 is 0. The van der Waals surface area contributed by atoms with E-state index in [1.165, 1.54) is 12.1 Å². The molecule has 2 rings (SSSR count). The molecular weight excluding hydrogens is 274 g/mol. The van der Waals surface area contributed by atoms with E-state index < -0.39 is 5.97 Å². The highest BCUT2D eigenvalue weighted by molar-refractivity contribution is 5.91. The average Bonchev–Trinajstić information content (AvgIpc) is 3.00. The molecule has 0 unspecified atom stereocenters. The molecule has 0 bridgehead atoms. The fourth-order valence-electron chi connectivity index (χ4n) is 1.77. The summed E-state index contributed by atoms with van der Waals surface area (Å²) in [5, 5.41) is 15.5. The van der Waals surface area contributed by atoms with Gasteiger partial charge in [-0.3, -0.25) is 9.48 Å². The Balaban J connectivity index is 1.90. The number of amides is 1. The van der Waals surface area contributed by atoms with Crippen LogP contribution in [0.15, 0.2) is 29.0 Å². The maximum absolute atomic E-state index is 11.6. The summed E-state index contributed by atoms with van der Waals surface area (Å²) in [7, 11) is 1.79. The number of carbonyl (C=O) groups is 2. The van der Waals surface area contributed by atoms with Crippen LogP contribution in [0.3, 0.4) is 0 Å². The van der Waals surface area contributed by atoms with Crippen molar-refractivity contribution in [2.75, 3.05) is 0 Å². The SMILES string of the molecule is Cc1oc(CNC(=O)/C=C/c2cnn(C)c2)cc1C(=O)O. The zero-order chi connectivity index (χ0) is 15.4. The van der Waals surface area contributed by atoms with Crippen molar-refractivity contribution in [3.63, 3.8) is 0 Å². The molecule has 0 atom stereocenters. The number of furan rings is 1. The molecule has 0 fully saturated rings. The molecule has 7 nitrogen and oxygen atoms in total. The number of aryl methyl sites for hydroxylation is 2. The van der Waals surface area contributed by atoms with Gasteiger partial charge < -0.3 is 14.8 Å². The normalized spacial score (nSPS) is 11.0. The highest BCUT2D eigenvalue weighted by atomic mass is 16.4.